The molecular formula is C18H21NO. The molecule has 3 rings (SSSR count). The Kier molecular flexibility index (Phi) is 3.83. The number of nitrogens with zero attached hydrogens (tertiary/aromatic N) is 1. The van der Waals surface area contributed by atoms with E-state index in [1.165, 1.54) is 12.0 Å². The van der Waals surface area contributed by atoms with Gasteiger partial charge in [0.2, 0.25) is 0 Å². The van der Waals surface area contributed by atoms with Crippen LogP contribution in [0.4, 0.5) is 0 Å². The largest absolute Gasteiger partial charge is 0.389 e. The summed E-state index contributed by atoms with van der Waals surface area (Å²) >= 11 is 0. The molecule has 2 nitrogen and oxygen atoms in total. The molecular weight excluding hydrogens is 246 g/mol. The van der Waals surface area contributed by atoms with E-state index in [9.17, 15) is 5.11 Å². The van der Waals surface area contributed by atoms with Crippen LogP contribution >= 0.6 is 0 Å². The lowest BCUT2D eigenvalue weighted by atomic mass is 9.70. The maximum Gasteiger partial charge on any atom is 0.0771 e. The molecule has 1 heterocycles. The standard InChI is InChI=1S/C18H21NO/c20-18(14-16-10-5-7-13-19-16)12-6-4-11-17(18)15-8-2-1-3-9-15/h1-3,5,7-10,13,17,20H,4,6,11-12,14H2. The fraction of sp³-hybridized carbons (Fsp3) is 0.389. The van der Waals surface area contributed by atoms with E-state index in [0.717, 1.165) is 25.0 Å². The smallest absolute Gasteiger partial charge is 0.0771 e. The highest BCUT2D eigenvalue weighted by atomic mass is 16.3. The molecule has 0 saturated heterocycles. The van der Waals surface area contributed by atoms with Crippen LogP contribution in [0, 0.1) is 0 Å². The fourth-order valence-electron chi connectivity index (χ4n) is 3.41. The van der Waals surface area contributed by atoms with Gasteiger partial charge in [0.05, 0.1) is 5.60 Å². The Labute approximate surface area is 120 Å². The molecule has 0 amide bonds. The average Bonchev–Trinajstić information content (AvgIpc) is 2.49. The Morgan fingerprint density at radius 3 is 2.60 bits per heavy atom. The monoisotopic (exact) mass is 267 g/mol. The summed E-state index contributed by atoms with van der Waals surface area (Å²) in [6, 6.07) is 16.4. The molecule has 1 aliphatic carbocycles. The van der Waals surface area contributed by atoms with Gasteiger partial charge in [-0.1, -0.05) is 49.2 Å². The second-order valence-electron chi connectivity index (χ2n) is 5.81. The molecule has 1 aromatic heterocycles. The average molecular weight is 267 g/mol. The summed E-state index contributed by atoms with van der Waals surface area (Å²) in [5.74, 6) is 0.222. The fourth-order valence-corrected chi connectivity index (χ4v) is 3.41. The summed E-state index contributed by atoms with van der Waals surface area (Å²) in [5, 5.41) is 11.2. The van der Waals surface area contributed by atoms with Crippen LogP contribution in [0.25, 0.3) is 0 Å². The first-order chi connectivity index (χ1) is 9.78. The number of aliphatic hydroxyl groups is 1. The van der Waals surface area contributed by atoms with Crippen molar-refractivity contribution in [1.29, 1.82) is 0 Å². The molecule has 20 heavy (non-hydrogen) atoms. The molecule has 2 heteroatoms. The highest BCUT2D eigenvalue weighted by Gasteiger charge is 2.39. The van der Waals surface area contributed by atoms with Crippen LogP contribution in [0.5, 0.6) is 0 Å². The molecule has 1 aromatic carbocycles. The lowest BCUT2D eigenvalue weighted by Gasteiger charge is -2.40. The van der Waals surface area contributed by atoms with Gasteiger partial charge in [0.25, 0.3) is 0 Å². The molecule has 1 N–H and O–H groups in total. The van der Waals surface area contributed by atoms with Crippen molar-refractivity contribution in [2.24, 2.45) is 0 Å². The van der Waals surface area contributed by atoms with Crippen LogP contribution in [0.3, 0.4) is 0 Å². The van der Waals surface area contributed by atoms with Crippen molar-refractivity contribution in [3.63, 3.8) is 0 Å². The molecule has 0 spiro atoms. The van der Waals surface area contributed by atoms with E-state index in [1.807, 2.05) is 24.3 Å². The molecule has 0 aliphatic heterocycles. The quantitative estimate of drug-likeness (QED) is 0.919. The van der Waals surface area contributed by atoms with Crippen molar-refractivity contribution in [3.8, 4) is 0 Å². The summed E-state index contributed by atoms with van der Waals surface area (Å²) in [7, 11) is 0. The van der Waals surface area contributed by atoms with E-state index in [4.69, 9.17) is 0 Å². The van der Waals surface area contributed by atoms with Gasteiger partial charge in [-0.25, -0.2) is 0 Å². The summed E-state index contributed by atoms with van der Waals surface area (Å²) in [6.07, 6.45) is 6.68. The summed E-state index contributed by atoms with van der Waals surface area (Å²) < 4.78 is 0. The number of rotatable bonds is 3. The van der Waals surface area contributed by atoms with Gasteiger partial charge in [0.15, 0.2) is 0 Å². The Hall–Kier alpha value is -1.67. The van der Waals surface area contributed by atoms with Crippen molar-refractivity contribution >= 4 is 0 Å². The Balaban J connectivity index is 1.88. The zero-order valence-electron chi connectivity index (χ0n) is 11.7. The van der Waals surface area contributed by atoms with E-state index in [2.05, 4.69) is 29.2 Å². The molecule has 104 valence electrons. The third-order valence-electron chi connectivity index (χ3n) is 4.42. The van der Waals surface area contributed by atoms with Crippen molar-refractivity contribution in [2.45, 2.75) is 43.6 Å². The second-order valence-corrected chi connectivity index (χ2v) is 5.81. The van der Waals surface area contributed by atoms with Crippen molar-refractivity contribution in [1.82, 2.24) is 4.98 Å². The topological polar surface area (TPSA) is 33.1 Å². The summed E-state index contributed by atoms with van der Waals surface area (Å²) in [4.78, 5) is 4.39. The molecule has 2 unspecified atom stereocenters. The minimum absolute atomic E-state index is 0.222. The number of hydrogen-bond acceptors (Lipinski definition) is 2. The highest BCUT2D eigenvalue weighted by Crippen LogP contribution is 2.42. The van der Waals surface area contributed by atoms with E-state index in [0.29, 0.717) is 6.42 Å². The summed E-state index contributed by atoms with van der Waals surface area (Å²) in [6.45, 7) is 0. The lowest BCUT2D eigenvalue weighted by molar-refractivity contribution is -0.0174. The Bertz CT molecular complexity index is 540. The molecule has 1 fully saturated rings. The normalized spacial score (nSPS) is 26.4. The Morgan fingerprint density at radius 1 is 1.05 bits per heavy atom. The maximum absolute atomic E-state index is 11.2. The van der Waals surface area contributed by atoms with E-state index >= 15 is 0 Å². The first kappa shape index (κ1) is 13.3. The van der Waals surface area contributed by atoms with Crippen LogP contribution in [-0.4, -0.2) is 15.7 Å². The molecule has 1 aliphatic rings. The van der Waals surface area contributed by atoms with Crippen molar-refractivity contribution < 1.29 is 5.11 Å². The van der Waals surface area contributed by atoms with Crippen molar-refractivity contribution in [2.75, 3.05) is 0 Å². The molecule has 1 saturated carbocycles. The van der Waals surface area contributed by atoms with Gasteiger partial charge in [-0.2, -0.15) is 0 Å². The predicted molar refractivity (Wildman–Crippen MR) is 80.5 cm³/mol. The zero-order chi connectivity index (χ0) is 13.8. The number of benzene rings is 1. The maximum atomic E-state index is 11.2. The van der Waals surface area contributed by atoms with E-state index in [1.54, 1.807) is 6.20 Å². The van der Waals surface area contributed by atoms with Crippen LogP contribution in [0.1, 0.15) is 42.9 Å². The number of hydrogen-bond donors (Lipinski definition) is 1. The lowest BCUT2D eigenvalue weighted by Crippen LogP contribution is -2.41. The first-order valence-corrected chi connectivity index (χ1v) is 7.45. The predicted octanol–water partition coefficient (Wildman–Crippen LogP) is 3.71. The van der Waals surface area contributed by atoms with Gasteiger partial charge >= 0.3 is 0 Å². The van der Waals surface area contributed by atoms with E-state index < -0.39 is 5.60 Å². The van der Waals surface area contributed by atoms with Gasteiger partial charge in [0, 0.05) is 24.2 Å². The van der Waals surface area contributed by atoms with Gasteiger partial charge in [-0.05, 0) is 30.5 Å². The van der Waals surface area contributed by atoms with Crippen LogP contribution < -0.4 is 0 Å². The van der Waals surface area contributed by atoms with E-state index in [-0.39, 0.29) is 5.92 Å². The third kappa shape index (κ3) is 2.75. The number of aromatic nitrogens is 1. The van der Waals surface area contributed by atoms with Crippen LogP contribution in [-0.2, 0) is 6.42 Å². The molecule has 2 atom stereocenters. The first-order valence-electron chi connectivity index (χ1n) is 7.45. The minimum Gasteiger partial charge on any atom is -0.389 e. The Morgan fingerprint density at radius 2 is 1.85 bits per heavy atom. The molecule has 0 bridgehead atoms. The van der Waals surface area contributed by atoms with Gasteiger partial charge < -0.3 is 5.11 Å². The minimum atomic E-state index is -0.659. The summed E-state index contributed by atoms with van der Waals surface area (Å²) in [5.41, 5.74) is 1.58. The zero-order valence-corrected chi connectivity index (χ0v) is 11.7. The van der Waals surface area contributed by atoms with Gasteiger partial charge in [-0.3, -0.25) is 4.98 Å². The molecule has 2 aromatic rings. The highest BCUT2D eigenvalue weighted by molar-refractivity contribution is 5.25. The van der Waals surface area contributed by atoms with Crippen molar-refractivity contribution in [3.05, 3.63) is 66.0 Å². The second kappa shape index (κ2) is 5.76. The van der Waals surface area contributed by atoms with Gasteiger partial charge in [0.1, 0.15) is 0 Å². The van der Waals surface area contributed by atoms with Gasteiger partial charge in [-0.15, -0.1) is 0 Å². The van der Waals surface area contributed by atoms with Crippen LogP contribution in [0.15, 0.2) is 54.7 Å². The number of pyridine rings is 1. The SMILES string of the molecule is OC1(Cc2ccccn2)CCCCC1c1ccccc1. The van der Waals surface area contributed by atoms with Crippen LogP contribution in [0.2, 0.25) is 0 Å². The molecule has 0 radical (unpaired) electrons. The third-order valence-corrected chi connectivity index (χ3v) is 4.42.